The van der Waals surface area contributed by atoms with Crippen LogP contribution in [0, 0.1) is 5.92 Å². The third kappa shape index (κ3) is 2.07. The van der Waals surface area contributed by atoms with Crippen molar-refractivity contribution >= 4 is 5.91 Å². The fourth-order valence-electron chi connectivity index (χ4n) is 2.53. The van der Waals surface area contributed by atoms with Gasteiger partial charge < -0.3 is 20.1 Å². The second-order valence-electron chi connectivity index (χ2n) is 4.71. The van der Waals surface area contributed by atoms with Gasteiger partial charge in [0.25, 0.3) is 0 Å². The number of amides is 1. The lowest BCUT2D eigenvalue weighted by molar-refractivity contribution is -0.139. The number of rotatable bonds is 2. The van der Waals surface area contributed by atoms with Gasteiger partial charge in [0.05, 0.1) is 24.2 Å². The molecule has 0 spiro atoms. The molecule has 2 heterocycles. The number of nitrogens with zero attached hydrogens (tertiary/aromatic N) is 1. The number of nitrogens with one attached hydrogen (secondary N) is 1. The predicted octanol–water partition coefficient (Wildman–Crippen LogP) is -0.797. The third-order valence-electron chi connectivity index (χ3n) is 3.69. The lowest BCUT2D eigenvalue weighted by atomic mass is 10.00. The highest BCUT2D eigenvalue weighted by atomic mass is 16.5. The number of aliphatic hydroxyl groups excluding tert-OH is 1. The number of hydrogen-bond acceptors (Lipinski definition) is 4. The molecule has 5 heteroatoms. The summed E-state index contributed by atoms with van der Waals surface area (Å²) < 4.78 is 5.40. The fraction of sp³-hybridized carbons (Fsp3) is 0.909. The minimum Gasteiger partial charge on any atom is -0.390 e. The molecular weight excluding hydrogens is 208 g/mol. The largest absolute Gasteiger partial charge is 0.390 e. The SMILES string of the molecule is CC1OCCC1C(=O)N(C)[C@@H]1CNC[C@H]1O. The highest BCUT2D eigenvalue weighted by Gasteiger charge is 2.38. The average molecular weight is 228 g/mol. The zero-order valence-corrected chi connectivity index (χ0v) is 9.85. The average Bonchev–Trinajstić information content (AvgIpc) is 2.85. The van der Waals surface area contributed by atoms with Crippen molar-refractivity contribution in [1.29, 1.82) is 0 Å². The molecule has 0 aliphatic carbocycles. The molecule has 0 saturated carbocycles. The maximum Gasteiger partial charge on any atom is 0.228 e. The van der Waals surface area contributed by atoms with Crippen LogP contribution in [0.3, 0.4) is 0 Å². The molecule has 0 aromatic rings. The summed E-state index contributed by atoms with van der Waals surface area (Å²) in [6.07, 6.45) is 0.341. The molecule has 2 unspecified atom stereocenters. The smallest absolute Gasteiger partial charge is 0.228 e. The van der Waals surface area contributed by atoms with E-state index >= 15 is 0 Å². The quantitative estimate of drug-likeness (QED) is 0.650. The normalized spacial score (nSPS) is 38.9. The van der Waals surface area contributed by atoms with Crippen molar-refractivity contribution in [2.75, 3.05) is 26.7 Å². The van der Waals surface area contributed by atoms with Crippen LogP contribution in [0.5, 0.6) is 0 Å². The Hall–Kier alpha value is -0.650. The first-order chi connectivity index (χ1) is 7.61. The van der Waals surface area contributed by atoms with Gasteiger partial charge in [0, 0.05) is 26.7 Å². The highest BCUT2D eigenvalue weighted by Crippen LogP contribution is 2.23. The first-order valence-corrected chi connectivity index (χ1v) is 5.88. The van der Waals surface area contributed by atoms with Crippen molar-refractivity contribution in [1.82, 2.24) is 10.2 Å². The van der Waals surface area contributed by atoms with Crippen molar-refractivity contribution in [3.8, 4) is 0 Å². The van der Waals surface area contributed by atoms with E-state index in [4.69, 9.17) is 4.74 Å². The van der Waals surface area contributed by atoms with Crippen molar-refractivity contribution < 1.29 is 14.6 Å². The molecule has 92 valence electrons. The Labute approximate surface area is 95.8 Å². The molecule has 1 amide bonds. The lowest BCUT2D eigenvalue weighted by Crippen LogP contribution is -2.47. The molecule has 0 bridgehead atoms. The molecule has 2 rings (SSSR count). The molecule has 0 aromatic carbocycles. The zero-order valence-electron chi connectivity index (χ0n) is 9.85. The Balaban J connectivity index is 1.98. The summed E-state index contributed by atoms with van der Waals surface area (Å²) >= 11 is 0. The van der Waals surface area contributed by atoms with Gasteiger partial charge in [-0.25, -0.2) is 0 Å². The minimum absolute atomic E-state index is 0.00135. The van der Waals surface area contributed by atoms with Crippen LogP contribution >= 0.6 is 0 Å². The molecule has 4 atom stereocenters. The molecule has 5 nitrogen and oxygen atoms in total. The first-order valence-electron chi connectivity index (χ1n) is 5.88. The number of hydrogen-bond donors (Lipinski definition) is 2. The Morgan fingerprint density at radius 1 is 1.50 bits per heavy atom. The molecule has 2 fully saturated rings. The molecule has 0 radical (unpaired) electrons. The van der Waals surface area contributed by atoms with Crippen LogP contribution in [-0.2, 0) is 9.53 Å². The summed E-state index contributed by atoms with van der Waals surface area (Å²) in [5.41, 5.74) is 0. The van der Waals surface area contributed by atoms with E-state index in [-0.39, 0.29) is 24.0 Å². The number of β-amino-alcohol motifs (C(OH)–C–C–N with tert-alkyl or cyclic N) is 1. The van der Waals surface area contributed by atoms with Crippen LogP contribution in [0.2, 0.25) is 0 Å². The number of aliphatic hydroxyl groups is 1. The highest BCUT2D eigenvalue weighted by molar-refractivity contribution is 5.79. The van der Waals surface area contributed by atoms with Crippen LogP contribution in [-0.4, -0.2) is 60.9 Å². The lowest BCUT2D eigenvalue weighted by Gasteiger charge is -2.29. The number of carbonyl (C=O) groups is 1. The van der Waals surface area contributed by atoms with E-state index in [1.165, 1.54) is 0 Å². The summed E-state index contributed by atoms with van der Waals surface area (Å²) in [5.74, 6) is 0.0514. The number of ether oxygens (including phenoxy) is 1. The fourth-order valence-corrected chi connectivity index (χ4v) is 2.53. The second kappa shape index (κ2) is 4.69. The summed E-state index contributed by atoms with van der Waals surface area (Å²) in [4.78, 5) is 13.9. The first kappa shape index (κ1) is 11.8. The Bertz CT molecular complexity index is 272. The summed E-state index contributed by atoms with van der Waals surface area (Å²) in [7, 11) is 1.77. The van der Waals surface area contributed by atoms with Gasteiger partial charge in [0.1, 0.15) is 0 Å². The second-order valence-corrected chi connectivity index (χ2v) is 4.71. The van der Waals surface area contributed by atoms with E-state index in [1.807, 2.05) is 6.92 Å². The Morgan fingerprint density at radius 3 is 2.75 bits per heavy atom. The van der Waals surface area contributed by atoms with Crippen LogP contribution in [0.4, 0.5) is 0 Å². The third-order valence-corrected chi connectivity index (χ3v) is 3.69. The minimum atomic E-state index is -0.452. The Morgan fingerprint density at radius 2 is 2.25 bits per heavy atom. The predicted molar refractivity (Wildman–Crippen MR) is 59.0 cm³/mol. The van der Waals surface area contributed by atoms with Crippen LogP contribution in [0.15, 0.2) is 0 Å². The van der Waals surface area contributed by atoms with Crippen molar-refractivity contribution in [2.24, 2.45) is 5.92 Å². The van der Waals surface area contributed by atoms with Crippen molar-refractivity contribution in [2.45, 2.75) is 31.6 Å². The molecular formula is C11H20N2O3. The molecule has 0 aromatic heterocycles. The summed E-state index contributed by atoms with van der Waals surface area (Å²) in [5, 5.41) is 12.8. The van der Waals surface area contributed by atoms with Gasteiger partial charge >= 0.3 is 0 Å². The van der Waals surface area contributed by atoms with E-state index in [1.54, 1.807) is 11.9 Å². The maximum atomic E-state index is 12.2. The van der Waals surface area contributed by atoms with E-state index < -0.39 is 6.10 Å². The van der Waals surface area contributed by atoms with Gasteiger partial charge in [0.15, 0.2) is 0 Å². The topological polar surface area (TPSA) is 61.8 Å². The number of likely N-dealkylation sites (N-methyl/N-ethyl adjacent to an activating group) is 1. The monoisotopic (exact) mass is 228 g/mol. The van der Waals surface area contributed by atoms with E-state index in [2.05, 4.69) is 5.32 Å². The van der Waals surface area contributed by atoms with E-state index in [0.29, 0.717) is 19.7 Å². The molecule has 2 aliphatic rings. The van der Waals surface area contributed by atoms with Gasteiger partial charge in [0.2, 0.25) is 5.91 Å². The van der Waals surface area contributed by atoms with Gasteiger partial charge in [-0.05, 0) is 13.3 Å². The van der Waals surface area contributed by atoms with Crippen LogP contribution in [0.1, 0.15) is 13.3 Å². The van der Waals surface area contributed by atoms with Gasteiger partial charge in [-0.1, -0.05) is 0 Å². The molecule has 2 N–H and O–H groups in total. The molecule has 16 heavy (non-hydrogen) atoms. The van der Waals surface area contributed by atoms with Gasteiger partial charge in [-0.15, -0.1) is 0 Å². The Kier molecular flexibility index (Phi) is 3.47. The summed E-state index contributed by atoms with van der Waals surface area (Å²) in [6, 6.07) is -0.0969. The van der Waals surface area contributed by atoms with E-state index in [0.717, 1.165) is 6.42 Å². The van der Waals surface area contributed by atoms with Crippen molar-refractivity contribution in [3.63, 3.8) is 0 Å². The van der Waals surface area contributed by atoms with Crippen molar-refractivity contribution in [3.05, 3.63) is 0 Å². The maximum absolute atomic E-state index is 12.2. The number of carbonyl (C=O) groups excluding carboxylic acids is 1. The molecule has 2 aliphatic heterocycles. The van der Waals surface area contributed by atoms with Gasteiger partial charge in [-0.2, -0.15) is 0 Å². The van der Waals surface area contributed by atoms with Gasteiger partial charge in [-0.3, -0.25) is 4.79 Å². The standard InChI is InChI=1S/C11H20N2O3/c1-7-8(3-4-16-7)11(15)13(2)9-5-12-6-10(9)14/h7-10,12,14H,3-6H2,1-2H3/t7?,8?,9-,10-/m1/s1. The summed E-state index contributed by atoms with van der Waals surface area (Å²) in [6.45, 7) is 3.84. The zero-order chi connectivity index (χ0) is 11.7. The van der Waals surface area contributed by atoms with Crippen LogP contribution < -0.4 is 5.32 Å². The van der Waals surface area contributed by atoms with E-state index in [9.17, 15) is 9.90 Å². The van der Waals surface area contributed by atoms with Crippen LogP contribution in [0.25, 0.3) is 0 Å². The molecule has 2 saturated heterocycles.